The van der Waals surface area contributed by atoms with Gasteiger partial charge in [-0.2, -0.15) is 0 Å². The Morgan fingerprint density at radius 1 is 1.27 bits per heavy atom. The number of nitrogens with two attached hydrogens (primary N) is 1. The highest BCUT2D eigenvalue weighted by atomic mass is 32.2. The number of thiophene rings is 1. The van der Waals surface area contributed by atoms with E-state index in [1.165, 1.54) is 35.2 Å². The first-order chi connectivity index (χ1) is 15.8. The Kier molecular flexibility index (Phi) is 6.82. The maximum atomic E-state index is 13.5. The predicted molar refractivity (Wildman–Crippen MR) is 128 cm³/mol. The van der Waals surface area contributed by atoms with Crippen molar-refractivity contribution in [3.63, 3.8) is 0 Å². The molecule has 1 atom stereocenters. The van der Waals surface area contributed by atoms with Crippen molar-refractivity contribution in [2.45, 2.75) is 37.4 Å². The Labute approximate surface area is 199 Å². The fraction of sp³-hybridized carbons (Fsp3) is 0.364. The number of carbonyl (C=O) groups excluding carboxylic acids is 2. The quantitative estimate of drug-likeness (QED) is 0.471. The number of aryl methyl sites for hydroxylation is 1. The summed E-state index contributed by atoms with van der Waals surface area (Å²) in [6.45, 7) is 1.99. The molecule has 1 aliphatic carbocycles. The van der Waals surface area contributed by atoms with Crippen LogP contribution in [0.1, 0.15) is 46.0 Å². The van der Waals surface area contributed by atoms with Gasteiger partial charge in [-0.25, -0.2) is 4.39 Å². The van der Waals surface area contributed by atoms with Crippen LogP contribution in [0, 0.1) is 5.82 Å². The number of aromatic nitrogens is 3. The lowest BCUT2D eigenvalue weighted by molar-refractivity contribution is -0.113. The van der Waals surface area contributed by atoms with Gasteiger partial charge in [0, 0.05) is 10.6 Å². The van der Waals surface area contributed by atoms with Gasteiger partial charge in [-0.1, -0.05) is 11.8 Å². The van der Waals surface area contributed by atoms with Gasteiger partial charge in [-0.05, 0) is 70.1 Å². The molecule has 0 fully saturated rings. The molecule has 1 aliphatic rings. The molecule has 3 aromatic rings. The molecule has 1 aromatic carbocycles. The van der Waals surface area contributed by atoms with E-state index in [1.54, 1.807) is 12.1 Å². The first-order valence-corrected chi connectivity index (χ1v) is 12.3. The van der Waals surface area contributed by atoms with E-state index in [1.807, 2.05) is 30.5 Å². The lowest BCUT2D eigenvalue weighted by Crippen LogP contribution is -2.21. The van der Waals surface area contributed by atoms with Crippen molar-refractivity contribution in [1.82, 2.24) is 19.7 Å². The van der Waals surface area contributed by atoms with Crippen molar-refractivity contribution in [2.75, 3.05) is 25.2 Å². The van der Waals surface area contributed by atoms with Crippen molar-refractivity contribution >= 4 is 39.9 Å². The zero-order chi connectivity index (χ0) is 23.7. The summed E-state index contributed by atoms with van der Waals surface area (Å²) in [6, 6.07) is 6.00. The van der Waals surface area contributed by atoms with Crippen LogP contribution < -0.4 is 11.1 Å². The molecule has 0 unspecified atom stereocenters. The van der Waals surface area contributed by atoms with Gasteiger partial charge >= 0.3 is 0 Å². The summed E-state index contributed by atoms with van der Waals surface area (Å²) in [5.74, 6) is -0.374. The smallest absolute Gasteiger partial charge is 0.251 e. The minimum atomic E-state index is -0.518. The summed E-state index contributed by atoms with van der Waals surface area (Å²) < 4.78 is 15.3. The van der Waals surface area contributed by atoms with E-state index < -0.39 is 5.91 Å². The predicted octanol–water partition coefficient (Wildman–Crippen LogP) is 3.41. The molecule has 33 heavy (non-hydrogen) atoms. The first kappa shape index (κ1) is 23.4. The SMILES string of the molecule is C[C@H](c1nnc(SCC(=O)Nc2sc3c(c2C(N)=O)CCC3)n1-c1ccc(F)cc1)N(C)C. The van der Waals surface area contributed by atoms with Crippen LogP contribution in [0.2, 0.25) is 0 Å². The van der Waals surface area contributed by atoms with Gasteiger partial charge in [0.2, 0.25) is 5.91 Å². The molecule has 2 amide bonds. The zero-order valence-electron chi connectivity index (χ0n) is 18.6. The van der Waals surface area contributed by atoms with Gasteiger partial charge in [0.15, 0.2) is 11.0 Å². The fourth-order valence-corrected chi connectivity index (χ4v) is 5.82. The average Bonchev–Trinajstić information content (AvgIpc) is 3.46. The molecular formula is C22H25FN6O2S2. The maximum Gasteiger partial charge on any atom is 0.251 e. The van der Waals surface area contributed by atoms with Gasteiger partial charge in [-0.15, -0.1) is 21.5 Å². The molecule has 0 bridgehead atoms. The highest BCUT2D eigenvalue weighted by Crippen LogP contribution is 2.39. The number of rotatable bonds is 8. The third-order valence-electron chi connectivity index (χ3n) is 5.64. The Morgan fingerprint density at radius 2 is 2.00 bits per heavy atom. The van der Waals surface area contributed by atoms with Crippen LogP contribution in [0.25, 0.3) is 5.69 Å². The van der Waals surface area contributed by atoms with Crippen LogP contribution >= 0.6 is 23.1 Å². The summed E-state index contributed by atoms with van der Waals surface area (Å²) in [5.41, 5.74) is 7.69. The Bertz CT molecular complexity index is 1190. The number of fused-ring (bicyclic) bond motifs is 1. The van der Waals surface area contributed by atoms with Crippen LogP contribution in [0.15, 0.2) is 29.4 Å². The second-order valence-electron chi connectivity index (χ2n) is 8.05. The van der Waals surface area contributed by atoms with Gasteiger partial charge in [0.1, 0.15) is 10.8 Å². The van der Waals surface area contributed by atoms with Crippen molar-refractivity contribution in [1.29, 1.82) is 0 Å². The van der Waals surface area contributed by atoms with Crippen molar-refractivity contribution in [3.8, 4) is 5.69 Å². The van der Waals surface area contributed by atoms with E-state index in [4.69, 9.17) is 5.73 Å². The monoisotopic (exact) mass is 488 g/mol. The summed E-state index contributed by atoms with van der Waals surface area (Å²) in [6.07, 6.45) is 2.71. The lowest BCUT2D eigenvalue weighted by atomic mass is 10.1. The third-order valence-corrected chi connectivity index (χ3v) is 7.78. The number of carbonyl (C=O) groups is 2. The van der Waals surface area contributed by atoms with Crippen LogP contribution in [-0.2, 0) is 17.6 Å². The largest absolute Gasteiger partial charge is 0.365 e. The summed E-state index contributed by atoms with van der Waals surface area (Å²) in [7, 11) is 3.87. The number of nitrogens with one attached hydrogen (secondary N) is 1. The summed E-state index contributed by atoms with van der Waals surface area (Å²) in [4.78, 5) is 27.8. The highest BCUT2D eigenvalue weighted by molar-refractivity contribution is 7.99. The topological polar surface area (TPSA) is 106 Å². The molecule has 0 saturated carbocycles. The van der Waals surface area contributed by atoms with Crippen molar-refractivity contribution in [3.05, 3.63) is 51.9 Å². The molecule has 174 valence electrons. The zero-order valence-corrected chi connectivity index (χ0v) is 20.2. The summed E-state index contributed by atoms with van der Waals surface area (Å²) >= 11 is 2.65. The van der Waals surface area contributed by atoms with E-state index in [2.05, 4.69) is 15.5 Å². The molecule has 0 aliphatic heterocycles. The number of anilines is 1. The molecule has 11 heteroatoms. The van der Waals surface area contributed by atoms with Crippen LogP contribution in [-0.4, -0.2) is 51.3 Å². The van der Waals surface area contributed by atoms with Gasteiger partial charge in [-0.3, -0.25) is 19.1 Å². The van der Waals surface area contributed by atoms with Crippen molar-refractivity contribution in [2.24, 2.45) is 5.73 Å². The Hall–Kier alpha value is -2.76. The molecule has 2 aromatic heterocycles. The lowest BCUT2D eigenvalue weighted by Gasteiger charge is -2.20. The maximum absolute atomic E-state index is 13.5. The Balaban J connectivity index is 1.55. The number of hydrogen-bond donors (Lipinski definition) is 2. The van der Waals surface area contributed by atoms with E-state index in [0.717, 1.165) is 29.7 Å². The number of hydrogen-bond acceptors (Lipinski definition) is 7. The molecule has 4 rings (SSSR count). The third kappa shape index (κ3) is 4.80. The number of primary amides is 1. The second kappa shape index (κ2) is 9.62. The van der Waals surface area contributed by atoms with Gasteiger partial charge < -0.3 is 11.1 Å². The van der Waals surface area contributed by atoms with Crippen LogP contribution in [0.4, 0.5) is 9.39 Å². The van der Waals surface area contributed by atoms with Gasteiger partial charge in [0.25, 0.3) is 5.91 Å². The Morgan fingerprint density at radius 3 is 2.67 bits per heavy atom. The molecule has 2 heterocycles. The standard InChI is InChI=1S/C22H25FN6O2S2/c1-12(28(2)3)20-26-27-22(29(20)14-9-7-13(23)8-10-14)32-11-17(30)25-21-18(19(24)31)15-5-4-6-16(15)33-21/h7-10,12H,4-6,11H2,1-3H3,(H2,24,31)(H,25,30)/t12-/m1/s1. The molecule has 0 radical (unpaired) electrons. The molecule has 0 saturated heterocycles. The second-order valence-corrected chi connectivity index (χ2v) is 10.1. The normalized spacial score (nSPS) is 13.8. The average molecular weight is 489 g/mol. The fourth-order valence-electron chi connectivity index (χ4n) is 3.75. The molecule has 0 spiro atoms. The first-order valence-electron chi connectivity index (χ1n) is 10.5. The molecule has 8 nitrogen and oxygen atoms in total. The summed E-state index contributed by atoms with van der Waals surface area (Å²) in [5, 5.41) is 12.5. The number of halogens is 1. The number of benzene rings is 1. The minimum absolute atomic E-state index is 0.0580. The number of thioether (sulfide) groups is 1. The highest BCUT2D eigenvalue weighted by Gasteiger charge is 2.27. The molecule has 3 N–H and O–H groups in total. The number of nitrogens with zero attached hydrogens (tertiary/aromatic N) is 4. The van der Waals surface area contributed by atoms with E-state index >= 15 is 0 Å². The van der Waals surface area contributed by atoms with Crippen LogP contribution in [0.5, 0.6) is 0 Å². The van der Waals surface area contributed by atoms with E-state index in [9.17, 15) is 14.0 Å². The minimum Gasteiger partial charge on any atom is -0.365 e. The number of amides is 2. The van der Waals surface area contributed by atoms with Gasteiger partial charge in [0.05, 0.1) is 17.4 Å². The van der Waals surface area contributed by atoms with Crippen molar-refractivity contribution < 1.29 is 14.0 Å². The van der Waals surface area contributed by atoms with Crippen LogP contribution in [0.3, 0.4) is 0 Å². The van der Waals surface area contributed by atoms with E-state index in [-0.39, 0.29) is 23.5 Å². The molecular weight excluding hydrogens is 463 g/mol. The van der Waals surface area contributed by atoms with E-state index in [0.29, 0.717) is 27.2 Å².